The monoisotopic (exact) mass is 293 g/mol. The van der Waals surface area contributed by atoms with E-state index in [4.69, 9.17) is 11.6 Å². The summed E-state index contributed by atoms with van der Waals surface area (Å²) in [4.78, 5) is 16.6. The summed E-state index contributed by atoms with van der Waals surface area (Å²) in [6.45, 7) is 1.05. The molecule has 1 aliphatic heterocycles. The van der Waals surface area contributed by atoms with E-state index in [2.05, 4.69) is 15.4 Å². The number of halogens is 1. The highest BCUT2D eigenvalue weighted by Crippen LogP contribution is 2.17. The molecule has 0 radical (unpaired) electrons. The first-order valence-corrected chi connectivity index (χ1v) is 7.06. The fraction of sp³-hybridized carbons (Fsp3) is 0.462. The topological polar surface area (TPSA) is 64.7 Å². The average molecular weight is 294 g/mol. The van der Waals surface area contributed by atoms with E-state index in [1.165, 1.54) is 4.68 Å². The van der Waals surface area contributed by atoms with Gasteiger partial charge in [0.05, 0.1) is 17.3 Å². The Labute approximate surface area is 121 Å². The largest absolute Gasteiger partial charge is 0.373 e. The molecule has 20 heavy (non-hydrogen) atoms. The van der Waals surface area contributed by atoms with Crippen LogP contribution in [0.5, 0.6) is 0 Å². The molecule has 1 N–H and O–H groups in total. The Hall–Kier alpha value is -1.82. The summed E-state index contributed by atoms with van der Waals surface area (Å²) in [5.74, 6) is 1.59. The Morgan fingerprint density at radius 3 is 3.00 bits per heavy atom. The van der Waals surface area contributed by atoms with Gasteiger partial charge in [0.1, 0.15) is 11.6 Å². The fourth-order valence-corrected chi connectivity index (χ4v) is 2.59. The first kappa shape index (κ1) is 13.2. The molecule has 2 aromatic rings. The summed E-state index contributed by atoms with van der Waals surface area (Å²) in [5.41, 5.74) is 0.573. The summed E-state index contributed by atoms with van der Waals surface area (Å²) in [6, 6.07) is 3.57. The van der Waals surface area contributed by atoms with Crippen LogP contribution >= 0.6 is 11.6 Å². The minimum atomic E-state index is -0.0765. The van der Waals surface area contributed by atoms with Crippen LogP contribution in [-0.2, 0) is 19.5 Å². The molecule has 0 unspecified atom stereocenters. The lowest BCUT2D eigenvalue weighted by Gasteiger charge is -2.09. The van der Waals surface area contributed by atoms with Crippen LogP contribution in [0.4, 0.5) is 5.82 Å². The van der Waals surface area contributed by atoms with Gasteiger partial charge < -0.3 is 5.32 Å². The quantitative estimate of drug-likeness (QED) is 0.932. The van der Waals surface area contributed by atoms with Gasteiger partial charge in [0.2, 0.25) is 0 Å². The Kier molecular flexibility index (Phi) is 3.48. The number of aromatic nitrogens is 4. The first-order chi connectivity index (χ1) is 9.69. The third-order valence-corrected chi connectivity index (χ3v) is 3.85. The second-order valence-corrected chi connectivity index (χ2v) is 5.25. The summed E-state index contributed by atoms with van der Waals surface area (Å²) >= 11 is 6.14. The molecule has 0 atom stereocenters. The van der Waals surface area contributed by atoms with E-state index < -0.39 is 0 Å². The molecule has 0 fully saturated rings. The molecule has 1 aliphatic rings. The average Bonchev–Trinajstić information content (AvgIpc) is 2.78. The normalized spacial score (nSPS) is 14.1. The van der Waals surface area contributed by atoms with Gasteiger partial charge in [-0.2, -0.15) is 5.10 Å². The van der Waals surface area contributed by atoms with Gasteiger partial charge in [-0.15, -0.1) is 0 Å². The number of hydrogen-bond acceptors (Lipinski definition) is 4. The minimum Gasteiger partial charge on any atom is -0.373 e. The molecule has 6 nitrogen and oxygen atoms in total. The Bertz CT molecular complexity index is 691. The standard InChI is InChI=1S/C13H16ClN5O/c1-15-11-6-5-9(14)10(16-11)8-19-13(20)18-7-3-2-4-12(18)17-19/h5-6H,2-4,7-8H2,1H3,(H,15,16). The van der Waals surface area contributed by atoms with E-state index in [0.717, 1.165) is 37.4 Å². The van der Waals surface area contributed by atoms with Crippen molar-refractivity contribution < 1.29 is 0 Å². The maximum Gasteiger partial charge on any atom is 0.346 e. The van der Waals surface area contributed by atoms with Gasteiger partial charge >= 0.3 is 5.69 Å². The zero-order valence-electron chi connectivity index (χ0n) is 11.3. The molecule has 0 saturated heterocycles. The summed E-state index contributed by atoms with van der Waals surface area (Å²) in [5, 5.41) is 7.89. The summed E-state index contributed by atoms with van der Waals surface area (Å²) < 4.78 is 3.20. The van der Waals surface area contributed by atoms with Gasteiger partial charge in [-0.1, -0.05) is 11.6 Å². The van der Waals surface area contributed by atoms with Crippen LogP contribution < -0.4 is 11.0 Å². The second-order valence-electron chi connectivity index (χ2n) is 4.84. The third kappa shape index (κ3) is 2.31. The number of anilines is 1. The summed E-state index contributed by atoms with van der Waals surface area (Å²) in [6.07, 6.45) is 2.98. The van der Waals surface area contributed by atoms with E-state index >= 15 is 0 Å². The van der Waals surface area contributed by atoms with Crippen molar-refractivity contribution >= 4 is 17.4 Å². The molecule has 0 aromatic carbocycles. The molecule has 0 saturated carbocycles. The predicted octanol–water partition coefficient (Wildman–Crippen LogP) is 1.52. The number of rotatable bonds is 3. The zero-order chi connectivity index (χ0) is 14.1. The first-order valence-electron chi connectivity index (χ1n) is 6.68. The molecule has 0 spiro atoms. The van der Waals surface area contributed by atoms with Crippen molar-refractivity contribution in [1.29, 1.82) is 0 Å². The highest BCUT2D eigenvalue weighted by Gasteiger charge is 2.17. The lowest BCUT2D eigenvalue weighted by atomic mass is 10.2. The van der Waals surface area contributed by atoms with E-state index in [-0.39, 0.29) is 5.69 Å². The Morgan fingerprint density at radius 1 is 1.40 bits per heavy atom. The number of nitrogens with one attached hydrogen (secondary N) is 1. The van der Waals surface area contributed by atoms with Crippen LogP contribution in [0.15, 0.2) is 16.9 Å². The van der Waals surface area contributed by atoms with Gasteiger partial charge in [0.15, 0.2) is 0 Å². The molecule has 3 rings (SSSR count). The van der Waals surface area contributed by atoms with Gasteiger partial charge in [0, 0.05) is 20.0 Å². The van der Waals surface area contributed by atoms with Crippen molar-refractivity contribution in [2.75, 3.05) is 12.4 Å². The second kappa shape index (κ2) is 5.28. The highest BCUT2D eigenvalue weighted by atomic mass is 35.5. The molecule has 106 valence electrons. The molecule has 0 bridgehead atoms. The summed E-state index contributed by atoms with van der Waals surface area (Å²) in [7, 11) is 1.79. The fourth-order valence-electron chi connectivity index (χ4n) is 2.43. The number of fused-ring (bicyclic) bond motifs is 1. The Balaban J connectivity index is 1.95. The molecule has 3 heterocycles. The van der Waals surface area contributed by atoms with Crippen molar-refractivity contribution in [1.82, 2.24) is 19.3 Å². The van der Waals surface area contributed by atoms with Crippen LogP contribution in [0.1, 0.15) is 24.4 Å². The molecule has 2 aromatic heterocycles. The smallest absolute Gasteiger partial charge is 0.346 e. The van der Waals surface area contributed by atoms with Crippen LogP contribution in [0, 0.1) is 0 Å². The van der Waals surface area contributed by atoms with Crippen LogP contribution in [0.25, 0.3) is 0 Å². The van der Waals surface area contributed by atoms with Crippen LogP contribution in [0.2, 0.25) is 5.02 Å². The van der Waals surface area contributed by atoms with Crippen molar-refractivity contribution in [3.8, 4) is 0 Å². The molecule has 0 aliphatic carbocycles. The van der Waals surface area contributed by atoms with Crippen molar-refractivity contribution in [3.05, 3.63) is 39.2 Å². The lowest BCUT2D eigenvalue weighted by molar-refractivity contribution is 0.511. The van der Waals surface area contributed by atoms with Gasteiger partial charge in [-0.05, 0) is 25.0 Å². The number of aryl methyl sites for hydroxylation is 1. The van der Waals surface area contributed by atoms with E-state index in [1.807, 2.05) is 0 Å². The number of pyridine rings is 1. The van der Waals surface area contributed by atoms with E-state index in [9.17, 15) is 4.79 Å². The minimum absolute atomic E-state index is 0.0765. The Morgan fingerprint density at radius 2 is 2.25 bits per heavy atom. The zero-order valence-corrected chi connectivity index (χ0v) is 12.0. The predicted molar refractivity (Wildman–Crippen MR) is 77.3 cm³/mol. The van der Waals surface area contributed by atoms with Crippen molar-refractivity contribution in [2.24, 2.45) is 0 Å². The van der Waals surface area contributed by atoms with Crippen LogP contribution in [-0.4, -0.2) is 26.4 Å². The molecular formula is C13H16ClN5O. The SMILES string of the molecule is CNc1ccc(Cl)c(Cn2nc3n(c2=O)CCCC3)n1. The van der Waals surface area contributed by atoms with E-state index in [0.29, 0.717) is 17.3 Å². The maximum atomic E-state index is 12.3. The van der Waals surface area contributed by atoms with Gasteiger partial charge in [-0.25, -0.2) is 14.5 Å². The molecular weight excluding hydrogens is 278 g/mol. The van der Waals surface area contributed by atoms with Gasteiger partial charge in [0.25, 0.3) is 0 Å². The lowest BCUT2D eigenvalue weighted by Crippen LogP contribution is -2.27. The van der Waals surface area contributed by atoms with Gasteiger partial charge in [-0.3, -0.25) is 4.57 Å². The van der Waals surface area contributed by atoms with E-state index in [1.54, 1.807) is 23.7 Å². The number of hydrogen-bond donors (Lipinski definition) is 1. The maximum absolute atomic E-state index is 12.3. The third-order valence-electron chi connectivity index (χ3n) is 3.51. The van der Waals surface area contributed by atoms with Crippen LogP contribution in [0.3, 0.4) is 0 Å². The molecule has 7 heteroatoms. The van der Waals surface area contributed by atoms with Crippen molar-refractivity contribution in [2.45, 2.75) is 32.4 Å². The molecule has 0 amide bonds. The van der Waals surface area contributed by atoms with Crippen molar-refractivity contribution in [3.63, 3.8) is 0 Å². The number of nitrogens with zero attached hydrogens (tertiary/aromatic N) is 4. The highest BCUT2D eigenvalue weighted by molar-refractivity contribution is 6.31.